The van der Waals surface area contributed by atoms with Crippen molar-refractivity contribution in [1.29, 1.82) is 0 Å². The molecule has 29 heavy (non-hydrogen) atoms. The smallest absolute Gasteiger partial charge is 0.277 e. The van der Waals surface area contributed by atoms with E-state index in [2.05, 4.69) is 15.4 Å². The number of amides is 1. The number of hydrogen-bond acceptors (Lipinski definition) is 5. The Hall–Kier alpha value is -3.12. The van der Waals surface area contributed by atoms with Gasteiger partial charge >= 0.3 is 0 Å². The van der Waals surface area contributed by atoms with Gasteiger partial charge in [0.05, 0.1) is 0 Å². The highest BCUT2D eigenvalue weighted by Gasteiger charge is 2.14. The van der Waals surface area contributed by atoms with E-state index in [1.807, 2.05) is 54.6 Å². The molecule has 1 aromatic heterocycles. The zero-order valence-electron chi connectivity index (χ0n) is 16.3. The van der Waals surface area contributed by atoms with E-state index < -0.39 is 0 Å². The molecule has 0 bridgehead atoms. The summed E-state index contributed by atoms with van der Waals surface area (Å²) in [6, 6.07) is 18.6. The fourth-order valence-electron chi connectivity index (χ4n) is 3.43. The Morgan fingerprint density at radius 1 is 1.03 bits per heavy atom. The van der Waals surface area contributed by atoms with Crippen LogP contribution in [0.4, 0.5) is 5.69 Å². The molecule has 4 rings (SSSR count). The fraction of sp³-hybridized carbons (Fsp3) is 0.304. The van der Waals surface area contributed by atoms with Crippen molar-refractivity contribution in [3.05, 3.63) is 66.4 Å². The average Bonchev–Trinajstić information content (AvgIpc) is 3.27. The second-order valence-corrected chi connectivity index (χ2v) is 7.17. The molecule has 6 heteroatoms. The molecule has 0 radical (unpaired) electrons. The summed E-state index contributed by atoms with van der Waals surface area (Å²) < 4.78 is 11.1. The van der Waals surface area contributed by atoms with Gasteiger partial charge in [0.15, 0.2) is 11.5 Å². The Bertz CT molecular complexity index is 916. The number of benzene rings is 2. The van der Waals surface area contributed by atoms with Gasteiger partial charge in [0.2, 0.25) is 0 Å². The minimum Gasteiger partial charge on any atom is -0.492 e. The quantitative estimate of drug-likeness (QED) is 0.644. The number of nitrogens with zero attached hydrogens (tertiary/aromatic N) is 2. The summed E-state index contributed by atoms with van der Waals surface area (Å²) in [5.41, 5.74) is 1.80. The number of likely N-dealkylation sites (tertiary alicyclic amines) is 1. The van der Waals surface area contributed by atoms with Crippen molar-refractivity contribution in [3.8, 4) is 17.1 Å². The number of hydrogen-bond donors (Lipinski definition) is 1. The zero-order chi connectivity index (χ0) is 19.9. The minimum atomic E-state index is -0.310. The third-order valence-electron chi connectivity index (χ3n) is 5.04. The predicted molar refractivity (Wildman–Crippen MR) is 112 cm³/mol. The molecule has 1 amide bonds. The van der Waals surface area contributed by atoms with E-state index in [4.69, 9.17) is 9.26 Å². The number of rotatable bonds is 7. The normalized spacial score (nSPS) is 14.5. The molecule has 1 aliphatic heterocycles. The Balaban J connectivity index is 1.28. The maximum Gasteiger partial charge on any atom is 0.277 e. The van der Waals surface area contributed by atoms with Crippen LogP contribution in [0.2, 0.25) is 0 Å². The number of piperidine rings is 1. The van der Waals surface area contributed by atoms with E-state index in [0.29, 0.717) is 18.1 Å². The van der Waals surface area contributed by atoms with Gasteiger partial charge in [-0.05, 0) is 50.2 Å². The Labute approximate surface area is 170 Å². The van der Waals surface area contributed by atoms with Crippen LogP contribution in [-0.2, 0) is 0 Å². The monoisotopic (exact) mass is 391 g/mol. The Morgan fingerprint density at radius 3 is 2.55 bits per heavy atom. The molecule has 0 aliphatic carbocycles. The molecule has 1 saturated heterocycles. The SMILES string of the molecule is O=C(Nc1ccc(OCCN2CCCCC2)cc1)c1cc(-c2ccccc2)on1. The van der Waals surface area contributed by atoms with Gasteiger partial charge in [-0.25, -0.2) is 0 Å². The lowest BCUT2D eigenvalue weighted by molar-refractivity contribution is 0.101. The molecule has 150 valence electrons. The molecule has 0 atom stereocenters. The van der Waals surface area contributed by atoms with Crippen LogP contribution in [0.3, 0.4) is 0 Å². The molecular weight excluding hydrogens is 366 g/mol. The van der Waals surface area contributed by atoms with Crippen LogP contribution in [0.25, 0.3) is 11.3 Å². The Morgan fingerprint density at radius 2 is 1.79 bits per heavy atom. The molecule has 2 heterocycles. The van der Waals surface area contributed by atoms with Gasteiger partial charge in [-0.1, -0.05) is 41.9 Å². The van der Waals surface area contributed by atoms with Crippen molar-refractivity contribution in [3.63, 3.8) is 0 Å². The van der Waals surface area contributed by atoms with E-state index in [1.54, 1.807) is 6.07 Å². The molecular formula is C23H25N3O3. The van der Waals surface area contributed by atoms with Gasteiger partial charge in [-0.3, -0.25) is 9.69 Å². The van der Waals surface area contributed by atoms with E-state index in [0.717, 1.165) is 17.9 Å². The van der Waals surface area contributed by atoms with Crippen molar-refractivity contribution in [1.82, 2.24) is 10.1 Å². The van der Waals surface area contributed by atoms with Crippen LogP contribution in [0.5, 0.6) is 5.75 Å². The van der Waals surface area contributed by atoms with E-state index in [9.17, 15) is 4.79 Å². The molecule has 0 saturated carbocycles. The molecule has 1 fully saturated rings. The summed E-state index contributed by atoms with van der Waals surface area (Å²) in [6.07, 6.45) is 3.91. The van der Waals surface area contributed by atoms with Crippen molar-refractivity contribution in [2.75, 3.05) is 31.6 Å². The zero-order valence-corrected chi connectivity index (χ0v) is 16.3. The average molecular weight is 391 g/mol. The van der Waals surface area contributed by atoms with Crippen LogP contribution < -0.4 is 10.1 Å². The summed E-state index contributed by atoms with van der Waals surface area (Å²) in [7, 11) is 0. The lowest BCUT2D eigenvalue weighted by Gasteiger charge is -2.26. The largest absolute Gasteiger partial charge is 0.492 e. The maximum atomic E-state index is 12.4. The van der Waals surface area contributed by atoms with Gasteiger partial charge < -0.3 is 14.6 Å². The first-order chi connectivity index (χ1) is 14.3. The highest BCUT2D eigenvalue weighted by atomic mass is 16.5. The van der Waals surface area contributed by atoms with Crippen LogP contribution in [0.15, 0.2) is 65.2 Å². The second kappa shape index (κ2) is 9.39. The number of aromatic nitrogens is 1. The standard InChI is InChI=1S/C23H25N3O3/c27-23(21-17-22(29-25-21)18-7-3-1-4-8-18)24-19-9-11-20(12-10-19)28-16-15-26-13-5-2-6-14-26/h1,3-4,7-12,17H,2,5-6,13-16H2,(H,24,27). The van der Waals surface area contributed by atoms with Crippen LogP contribution in [0, 0.1) is 0 Å². The number of carbonyl (C=O) groups excluding carboxylic acids is 1. The minimum absolute atomic E-state index is 0.241. The number of nitrogens with one attached hydrogen (secondary N) is 1. The first-order valence-corrected chi connectivity index (χ1v) is 10.1. The molecule has 2 aromatic carbocycles. The molecule has 1 aliphatic rings. The summed E-state index contributed by atoms with van der Waals surface area (Å²) in [4.78, 5) is 14.9. The van der Waals surface area contributed by atoms with E-state index >= 15 is 0 Å². The summed E-state index contributed by atoms with van der Waals surface area (Å²) in [6.45, 7) is 3.96. The van der Waals surface area contributed by atoms with Crippen molar-refractivity contribution < 1.29 is 14.1 Å². The van der Waals surface area contributed by atoms with Crippen molar-refractivity contribution >= 4 is 11.6 Å². The third kappa shape index (κ3) is 5.23. The molecule has 3 aromatic rings. The van der Waals surface area contributed by atoms with E-state index in [1.165, 1.54) is 32.4 Å². The maximum absolute atomic E-state index is 12.4. The van der Waals surface area contributed by atoms with Crippen LogP contribution in [-0.4, -0.2) is 42.2 Å². The molecule has 6 nitrogen and oxygen atoms in total. The van der Waals surface area contributed by atoms with Gasteiger partial charge in [0, 0.05) is 23.9 Å². The van der Waals surface area contributed by atoms with Gasteiger partial charge in [0.1, 0.15) is 12.4 Å². The first-order valence-electron chi connectivity index (χ1n) is 10.1. The molecule has 1 N–H and O–H groups in total. The van der Waals surface area contributed by atoms with Gasteiger partial charge in [0.25, 0.3) is 5.91 Å². The highest BCUT2D eigenvalue weighted by molar-refractivity contribution is 6.03. The topological polar surface area (TPSA) is 67.6 Å². The predicted octanol–water partition coefficient (Wildman–Crippen LogP) is 4.46. The summed E-state index contributed by atoms with van der Waals surface area (Å²) in [5.74, 6) is 1.05. The Kier molecular flexibility index (Phi) is 6.22. The van der Waals surface area contributed by atoms with Crippen molar-refractivity contribution in [2.45, 2.75) is 19.3 Å². The van der Waals surface area contributed by atoms with Crippen molar-refractivity contribution in [2.24, 2.45) is 0 Å². The highest BCUT2D eigenvalue weighted by Crippen LogP contribution is 2.21. The fourth-order valence-corrected chi connectivity index (χ4v) is 3.43. The van der Waals surface area contributed by atoms with Gasteiger partial charge in [-0.15, -0.1) is 0 Å². The third-order valence-corrected chi connectivity index (χ3v) is 5.04. The lowest BCUT2D eigenvalue weighted by Crippen LogP contribution is -2.33. The number of anilines is 1. The second-order valence-electron chi connectivity index (χ2n) is 7.17. The number of ether oxygens (including phenoxy) is 1. The first kappa shape index (κ1) is 19.2. The number of carbonyl (C=O) groups is 1. The van der Waals surface area contributed by atoms with Crippen LogP contribution >= 0.6 is 0 Å². The van der Waals surface area contributed by atoms with E-state index in [-0.39, 0.29) is 11.6 Å². The van der Waals surface area contributed by atoms with Crippen LogP contribution in [0.1, 0.15) is 29.8 Å². The van der Waals surface area contributed by atoms with Gasteiger partial charge in [-0.2, -0.15) is 0 Å². The molecule has 0 spiro atoms. The summed E-state index contributed by atoms with van der Waals surface area (Å²) in [5, 5.41) is 6.71. The summed E-state index contributed by atoms with van der Waals surface area (Å²) >= 11 is 0. The molecule has 0 unspecified atom stereocenters. The lowest BCUT2D eigenvalue weighted by atomic mass is 10.1.